The molecule has 3 heterocycles. The molecule has 4 rings (SSSR count). The molecule has 38 heavy (non-hydrogen) atoms. The zero-order valence-electron chi connectivity index (χ0n) is 22.5. The van der Waals surface area contributed by atoms with Crippen molar-refractivity contribution in [1.82, 2.24) is 20.0 Å². The van der Waals surface area contributed by atoms with Gasteiger partial charge in [0.15, 0.2) is 5.82 Å². The van der Waals surface area contributed by atoms with E-state index in [1.165, 1.54) is 4.90 Å². The number of nitrogens with zero attached hydrogens (tertiary/aromatic N) is 5. The second-order valence-corrected chi connectivity index (χ2v) is 10.1. The molecule has 0 unspecified atom stereocenters. The summed E-state index contributed by atoms with van der Waals surface area (Å²) >= 11 is 0. The van der Waals surface area contributed by atoms with Crippen LogP contribution in [0.1, 0.15) is 44.1 Å². The summed E-state index contributed by atoms with van der Waals surface area (Å²) in [6.45, 7) is 11.5. The van der Waals surface area contributed by atoms with Crippen molar-refractivity contribution in [2.45, 2.75) is 32.6 Å². The normalized spacial score (nSPS) is 13.9. The fourth-order valence-electron chi connectivity index (χ4n) is 3.72. The van der Waals surface area contributed by atoms with Gasteiger partial charge in [-0.3, -0.25) is 9.80 Å². The van der Waals surface area contributed by atoms with Crippen molar-refractivity contribution >= 4 is 23.5 Å². The van der Waals surface area contributed by atoms with E-state index in [-0.39, 0.29) is 11.4 Å². The van der Waals surface area contributed by atoms with Gasteiger partial charge in [-0.05, 0) is 31.2 Å². The number of ether oxygens (including phenoxy) is 1. The number of carbonyl (C=O) groups is 1. The highest BCUT2D eigenvalue weighted by Gasteiger charge is 2.23. The van der Waals surface area contributed by atoms with E-state index in [4.69, 9.17) is 9.26 Å². The smallest absolute Gasteiger partial charge is 0.327 e. The molecular formula is C28H35N7O3. The molecule has 2 aromatic heterocycles. The van der Waals surface area contributed by atoms with Crippen LogP contribution in [-0.4, -0.2) is 72.5 Å². The van der Waals surface area contributed by atoms with Gasteiger partial charge in [0.05, 0.1) is 18.8 Å². The SMILES string of the molecule is CN(C(=O)Nc1cccc(C#Cc2cnc(NCCCN3CCOCC3)nc2)c1)c1cc(C(C)(C)C)on1. The van der Waals surface area contributed by atoms with Crippen LogP contribution in [-0.2, 0) is 10.2 Å². The molecule has 10 nitrogen and oxygen atoms in total. The Bertz CT molecular complexity index is 1270. The van der Waals surface area contributed by atoms with Crippen molar-refractivity contribution in [3.8, 4) is 11.8 Å². The van der Waals surface area contributed by atoms with Crippen LogP contribution >= 0.6 is 0 Å². The Morgan fingerprint density at radius 1 is 1.11 bits per heavy atom. The predicted molar refractivity (Wildman–Crippen MR) is 147 cm³/mol. The van der Waals surface area contributed by atoms with Gasteiger partial charge in [0.25, 0.3) is 0 Å². The van der Waals surface area contributed by atoms with Crippen LogP contribution in [0.3, 0.4) is 0 Å². The first-order chi connectivity index (χ1) is 18.3. The van der Waals surface area contributed by atoms with Crippen LogP contribution < -0.4 is 15.5 Å². The van der Waals surface area contributed by atoms with Crippen molar-refractivity contribution in [2.75, 3.05) is 62.0 Å². The summed E-state index contributed by atoms with van der Waals surface area (Å²) in [5.74, 6) is 7.93. The Labute approximate surface area is 223 Å². The maximum atomic E-state index is 12.7. The zero-order chi connectivity index (χ0) is 27.0. The zero-order valence-corrected chi connectivity index (χ0v) is 22.5. The minimum absolute atomic E-state index is 0.194. The van der Waals surface area contributed by atoms with Gasteiger partial charge in [0, 0.05) is 61.8 Å². The number of hydrogen-bond donors (Lipinski definition) is 2. The summed E-state index contributed by atoms with van der Waals surface area (Å²) < 4.78 is 10.8. The molecule has 0 atom stereocenters. The number of rotatable bonds is 7. The predicted octanol–water partition coefficient (Wildman–Crippen LogP) is 3.96. The van der Waals surface area contributed by atoms with E-state index >= 15 is 0 Å². The number of nitrogens with one attached hydrogen (secondary N) is 2. The lowest BCUT2D eigenvalue weighted by atomic mass is 9.93. The van der Waals surface area contributed by atoms with Crippen LogP contribution in [0.5, 0.6) is 0 Å². The van der Waals surface area contributed by atoms with E-state index in [0.29, 0.717) is 28.8 Å². The quantitative estimate of drug-likeness (QED) is 0.358. The third-order valence-electron chi connectivity index (χ3n) is 6.04. The number of benzene rings is 1. The molecule has 1 fully saturated rings. The Morgan fingerprint density at radius 3 is 2.55 bits per heavy atom. The second kappa shape index (κ2) is 12.5. The Balaban J connectivity index is 1.28. The molecule has 0 bridgehead atoms. The van der Waals surface area contributed by atoms with Gasteiger partial charge in [-0.15, -0.1) is 0 Å². The average Bonchev–Trinajstić information content (AvgIpc) is 3.42. The number of hydrogen-bond acceptors (Lipinski definition) is 8. The Hall–Kier alpha value is -3.94. The van der Waals surface area contributed by atoms with Crippen molar-refractivity contribution in [3.63, 3.8) is 0 Å². The van der Waals surface area contributed by atoms with Crippen molar-refractivity contribution in [3.05, 3.63) is 59.6 Å². The number of morpholine rings is 1. The highest BCUT2D eigenvalue weighted by atomic mass is 16.5. The molecule has 0 radical (unpaired) electrons. The largest absolute Gasteiger partial charge is 0.379 e. The molecule has 0 spiro atoms. The summed E-state index contributed by atoms with van der Waals surface area (Å²) in [5.41, 5.74) is 1.90. The minimum atomic E-state index is -0.328. The average molecular weight is 518 g/mol. The monoisotopic (exact) mass is 517 g/mol. The first-order valence-corrected chi connectivity index (χ1v) is 12.8. The molecule has 1 saturated heterocycles. The van der Waals surface area contributed by atoms with Crippen LogP contribution in [0.4, 0.5) is 22.2 Å². The number of carbonyl (C=O) groups excluding carboxylic acids is 1. The fraction of sp³-hybridized carbons (Fsp3) is 0.429. The number of aromatic nitrogens is 3. The topological polar surface area (TPSA) is 109 Å². The summed E-state index contributed by atoms with van der Waals surface area (Å²) in [7, 11) is 1.64. The molecule has 10 heteroatoms. The van der Waals surface area contributed by atoms with Crippen LogP contribution in [0.2, 0.25) is 0 Å². The van der Waals surface area contributed by atoms with Gasteiger partial charge in [0.1, 0.15) is 5.76 Å². The minimum Gasteiger partial charge on any atom is -0.379 e. The first-order valence-electron chi connectivity index (χ1n) is 12.8. The van der Waals surface area contributed by atoms with Gasteiger partial charge in [0.2, 0.25) is 5.95 Å². The van der Waals surface area contributed by atoms with Crippen molar-refractivity contribution < 1.29 is 14.1 Å². The van der Waals surface area contributed by atoms with Gasteiger partial charge < -0.3 is 19.9 Å². The Kier molecular flexibility index (Phi) is 8.94. The van der Waals surface area contributed by atoms with Crippen LogP contribution in [0.25, 0.3) is 0 Å². The summed E-state index contributed by atoms with van der Waals surface area (Å²) in [4.78, 5) is 25.3. The van der Waals surface area contributed by atoms with Gasteiger partial charge in [-0.1, -0.05) is 43.8 Å². The third kappa shape index (κ3) is 7.78. The maximum Gasteiger partial charge on any atom is 0.327 e. The lowest BCUT2D eigenvalue weighted by Gasteiger charge is -2.26. The molecule has 1 aromatic carbocycles. The second-order valence-electron chi connectivity index (χ2n) is 10.1. The van der Waals surface area contributed by atoms with Gasteiger partial charge >= 0.3 is 6.03 Å². The molecule has 200 valence electrons. The number of urea groups is 1. The Morgan fingerprint density at radius 2 is 1.84 bits per heavy atom. The third-order valence-corrected chi connectivity index (χ3v) is 6.04. The van der Waals surface area contributed by atoms with E-state index in [2.05, 4.69) is 42.5 Å². The highest BCUT2D eigenvalue weighted by molar-refractivity contribution is 6.00. The van der Waals surface area contributed by atoms with Crippen LogP contribution in [0.15, 0.2) is 47.2 Å². The molecule has 0 aliphatic carbocycles. The highest BCUT2D eigenvalue weighted by Crippen LogP contribution is 2.26. The van der Waals surface area contributed by atoms with Crippen molar-refractivity contribution in [1.29, 1.82) is 0 Å². The molecule has 2 amide bonds. The van der Waals surface area contributed by atoms with Gasteiger partial charge in [-0.2, -0.15) is 0 Å². The maximum absolute atomic E-state index is 12.7. The molecule has 0 saturated carbocycles. The summed E-state index contributed by atoms with van der Waals surface area (Å²) in [6, 6.07) is 8.79. The fourth-order valence-corrected chi connectivity index (χ4v) is 3.72. The standard InChI is InChI=1S/C28H35N7O3/c1-28(2,3)24-18-25(33-38-24)34(4)27(36)32-23-8-5-7-21(17-23)9-10-22-19-30-26(31-20-22)29-11-6-12-35-13-15-37-16-14-35/h5,7-8,17-20H,6,11-16H2,1-4H3,(H,32,36)(H,29,30,31). The van der Waals surface area contributed by atoms with E-state index in [1.54, 1.807) is 25.5 Å². The summed E-state index contributed by atoms with van der Waals surface area (Å²) in [5, 5.41) is 10.1. The lowest BCUT2D eigenvalue weighted by molar-refractivity contribution is 0.0378. The van der Waals surface area contributed by atoms with E-state index < -0.39 is 0 Å². The molecule has 1 aliphatic heterocycles. The first kappa shape index (κ1) is 27.1. The van der Waals surface area contributed by atoms with E-state index in [1.807, 2.05) is 45.0 Å². The molecular weight excluding hydrogens is 482 g/mol. The van der Waals surface area contributed by atoms with E-state index in [0.717, 1.165) is 51.4 Å². The molecule has 3 aromatic rings. The lowest BCUT2D eigenvalue weighted by Crippen LogP contribution is -2.37. The van der Waals surface area contributed by atoms with Gasteiger partial charge in [-0.25, -0.2) is 14.8 Å². The molecule has 2 N–H and O–H groups in total. The summed E-state index contributed by atoms with van der Waals surface area (Å²) in [6.07, 6.45) is 4.42. The number of amides is 2. The van der Waals surface area contributed by atoms with E-state index in [9.17, 15) is 4.79 Å². The molecule has 1 aliphatic rings. The van der Waals surface area contributed by atoms with Crippen LogP contribution in [0, 0.1) is 11.8 Å². The number of anilines is 3. The van der Waals surface area contributed by atoms with Crippen molar-refractivity contribution in [2.24, 2.45) is 0 Å².